The number of ether oxygens (including phenoxy) is 2. The lowest BCUT2D eigenvalue weighted by Gasteiger charge is -2.07. The van der Waals surface area contributed by atoms with Crippen molar-refractivity contribution in [3.8, 4) is 5.88 Å². The molecule has 0 radical (unpaired) electrons. The Morgan fingerprint density at radius 2 is 2.22 bits per heavy atom. The molecule has 2 rings (SSSR count). The first-order valence-electron chi connectivity index (χ1n) is 5.76. The second kappa shape index (κ2) is 6.11. The molecule has 0 aliphatic rings. The molecule has 96 valence electrons. The van der Waals surface area contributed by atoms with Gasteiger partial charge in [0.15, 0.2) is 0 Å². The zero-order valence-electron chi connectivity index (χ0n) is 10.5. The van der Waals surface area contributed by atoms with Crippen LogP contribution in [0.3, 0.4) is 0 Å². The highest BCUT2D eigenvalue weighted by Gasteiger charge is 2.05. The van der Waals surface area contributed by atoms with Gasteiger partial charge in [0, 0.05) is 19.0 Å². The highest BCUT2D eigenvalue weighted by molar-refractivity contribution is 5.09. The van der Waals surface area contributed by atoms with Crippen LogP contribution in [0, 0.1) is 0 Å². The van der Waals surface area contributed by atoms with Gasteiger partial charge in [-0.1, -0.05) is 0 Å². The van der Waals surface area contributed by atoms with Crippen molar-refractivity contribution in [3.05, 3.63) is 36.3 Å². The van der Waals surface area contributed by atoms with Crippen molar-refractivity contribution in [3.63, 3.8) is 0 Å². The van der Waals surface area contributed by atoms with Crippen LogP contribution in [-0.4, -0.2) is 33.2 Å². The predicted molar refractivity (Wildman–Crippen MR) is 65.2 cm³/mol. The second-order valence-corrected chi connectivity index (χ2v) is 3.66. The smallest absolute Gasteiger partial charge is 0.232 e. The minimum Gasteiger partial charge on any atom is -0.480 e. The van der Waals surface area contributed by atoms with Crippen molar-refractivity contribution >= 4 is 0 Å². The molecule has 0 atom stereocenters. The topological polar surface area (TPSA) is 62.1 Å². The fourth-order valence-corrected chi connectivity index (χ4v) is 1.55. The highest BCUT2D eigenvalue weighted by Crippen LogP contribution is 2.08. The minimum absolute atomic E-state index is 0.501. The second-order valence-electron chi connectivity index (χ2n) is 3.66. The van der Waals surface area contributed by atoms with Crippen molar-refractivity contribution in [2.45, 2.75) is 20.1 Å². The molecular weight excluding hydrogens is 232 g/mol. The van der Waals surface area contributed by atoms with Crippen LogP contribution in [0.15, 0.2) is 24.8 Å². The number of hydrogen-bond acceptors (Lipinski definition) is 5. The summed E-state index contributed by atoms with van der Waals surface area (Å²) >= 11 is 0. The Kier molecular flexibility index (Phi) is 4.25. The zero-order chi connectivity index (χ0) is 12.8. The van der Waals surface area contributed by atoms with Crippen LogP contribution in [0.25, 0.3) is 0 Å². The van der Waals surface area contributed by atoms with E-state index in [2.05, 4.69) is 15.0 Å². The van der Waals surface area contributed by atoms with E-state index in [-0.39, 0.29) is 0 Å². The first-order valence-corrected chi connectivity index (χ1v) is 5.76. The maximum atomic E-state index is 5.36. The van der Waals surface area contributed by atoms with Gasteiger partial charge in [-0.05, 0) is 6.92 Å². The Morgan fingerprint density at radius 3 is 3.00 bits per heavy atom. The molecular formula is C12H16N4O2. The van der Waals surface area contributed by atoms with E-state index in [1.807, 2.05) is 17.7 Å². The first kappa shape index (κ1) is 12.5. The van der Waals surface area contributed by atoms with E-state index >= 15 is 0 Å². The average Bonchev–Trinajstić information content (AvgIpc) is 2.84. The molecule has 2 aromatic heterocycles. The molecule has 0 aliphatic carbocycles. The summed E-state index contributed by atoms with van der Waals surface area (Å²) in [6.45, 7) is 3.74. The molecule has 2 aromatic rings. The Labute approximate surface area is 106 Å². The molecule has 0 unspecified atom stereocenters. The Hall–Kier alpha value is -1.95. The van der Waals surface area contributed by atoms with Crippen molar-refractivity contribution < 1.29 is 9.47 Å². The molecule has 0 fully saturated rings. The van der Waals surface area contributed by atoms with E-state index in [9.17, 15) is 0 Å². The summed E-state index contributed by atoms with van der Waals surface area (Å²) in [6.07, 6.45) is 6.95. The van der Waals surface area contributed by atoms with Crippen LogP contribution < -0.4 is 4.74 Å². The maximum absolute atomic E-state index is 5.36. The quantitative estimate of drug-likeness (QED) is 0.770. The lowest BCUT2D eigenvalue weighted by atomic mass is 10.4. The molecule has 2 heterocycles. The standard InChI is InChI=1S/C12H16N4O2/c1-3-18-9-11-14-4-5-16(11)8-10-6-13-7-12(15-10)17-2/h4-7H,3,8-9H2,1-2H3. The third-order valence-electron chi connectivity index (χ3n) is 2.44. The molecule has 0 spiro atoms. The van der Waals surface area contributed by atoms with Crippen molar-refractivity contribution in [1.82, 2.24) is 19.5 Å². The Morgan fingerprint density at radius 1 is 1.33 bits per heavy atom. The van der Waals surface area contributed by atoms with Gasteiger partial charge in [0.1, 0.15) is 12.4 Å². The van der Waals surface area contributed by atoms with Gasteiger partial charge >= 0.3 is 0 Å². The zero-order valence-corrected chi connectivity index (χ0v) is 10.5. The summed E-state index contributed by atoms with van der Waals surface area (Å²) in [5, 5.41) is 0. The first-order chi connectivity index (χ1) is 8.83. The number of methoxy groups -OCH3 is 1. The molecule has 0 bridgehead atoms. The van der Waals surface area contributed by atoms with E-state index in [4.69, 9.17) is 9.47 Å². The lowest BCUT2D eigenvalue weighted by Crippen LogP contribution is -2.08. The molecule has 0 saturated carbocycles. The molecule has 0 saturated heterocycles. The predicted octanol–water partition coefficient (Wildman–Crippen LogP) is 1.27. The monoisotopic (exact) mass is 248 g/mol. The van der Waals surface area contributed by atoms with Crippen molar-refractivity contribution in [1.29, 1.82) is 0 Å². The molecule has 0 N–H and O–H groups in total. The molecule has 0 amide bonds. The molecule has 6 heteroatoms. The molecule has 0 aliphatic heterocycles. The van der Waals surface area contributed by atoms with Gasteiger partial charge in [-0.25, -0.2) is 9.97 Å². The van der Waals surface area contributed by atoms with Crippen LogP contribution in [0.5, 0.6) is 5.88 Å². The summed E-state index contributed by atoms with van der Waals surface area (Å²) in [6, 6.07) is 0. The van der Waals surface area contributed by atoms with Gasteiger partial charge in [-0.2, -0.15) is 0 Å². The Bertz CT molecular complexity index is 498. The van der Waals surface area contributed by atoms with E-state index in [0.29, 0.717) is 25.6 Å². The van der Waals surface area contributed by atoms with E-state index < -0.39 is 0 Å². The molecule has 18 heavy (non-hydrogen) atoms. The molecule has 0 aromatic carbocycles. The summed E-state index contributed by atoms with van der Waals surface area (Å²) in [5.41, 5.74) is 0.824. The van der Waals surface area contributed by atoms with E-state index in [1.54, 1.807) is 25.7 Å². The minimum atomic E-state index is 0.501. The SMILES string of the molecule is CCOCc1nccn1Cc1cncc(OC)n1. The third-order valence-corrected chi connectivity index (χ3v) is 2.44. The number of aromatic nitrogens is 4. The molecule has 6 nitrogen and oxygen atoms in total. The average molecular weight is 248 g/mol. The van der Waals surface area contributed by atoms with Gasteiger partial charge in [-0.15, -0.1) is 0 Å². The number of hydrogen-bond donors (Lipinski definition) is 0. The van der Waals surface area contributed by atoms with Gasteiger partial charge in [-0.3, -0.25) is 4.98 Å². The number of imidazole rings is 1. The summed E-state index contributed by atoms with van der Waals surface area (Å²) < 4.78 is 12.4. The van der Waals surface area contributed by atoms with Crippen molar-refractivity contribution in [2.24, 2.45) is 0 Å². The normalized spacial score (nSPS) is 10.6. The van der Waals surface area contributed by atoms with Crippen LogP contribution in [0.2, 0.25) is 0 Å². The maximum Gasteiger partial charge on any atom is 0.232 e. The number of nitrogens with zero attached hydrogens (tertiary/aromatic N) is 4. The largest absolute Gasteiger partial charge is 0.480 e. The summed E-state index contributed by atoms with van der Waals surface area (Å²) in [4.78, 5) is 12.6. The van der Waals surface area contributed by atoms with Gasteiger partial charge in [0.25, 0.3) is 0 Å². The Balaban J connectivity index is 2.10. The van der Waals surface area contributed by atoms with Gasteiger partial charge in [0.2, 0.25) is 5.88 Å². The third kappa shape index (κ3) is 3.04. The lowest BCUT2D eigenvalue weighted by molar-refractivity contribution is 0.126. The highest BCUT2D eigenvalue weighted by atomic mass is 16.5. The van der Waals surface area contributed by atoms with E-state index in [0.717, 1.165) is 11.5 Å². The van der Waals surface area contributed by atoms with Crippen LogP contribution in [0.4, 0.5) is 0 Å². The van der Waals surface area contributed by atoms with Crippen LogP contribution in [0.1, 0.15) is 18.4 Å². The van der Waals surface area contributed by atoms with E-state index in [1.165, 1.54) is 0 Å². The summed E-state index contributed by atoms with van der Waals surface area (Å²) in [7, 11) is 1.57. The summed E-state index contributed by atoms with van der Waals surface area (Å²) in [5.74, 6) is 1.39. The van der Waals surface area contributed by atoms with Crippen molar-refractivity contribution in [2.75, 3.05) is 13.7 Å². The van der Waals surface area contributed by atoms with Gasteiger partial charge in [0.05, 0.1) is 31.7 Å². The number of rotatable bonds is 6. The van der Waals surface area contributed by atoms with Gasteiger partial charge < -0.3 is 14.0 Å². The fourth-order valence-electron chi connectivity index (χ4n) is 1.55. The fraction of sp³-hybridized carbons (Fsp3) is 0.417. The van der Waals surface area contributed by atoms with Crippen LogP contribution in [-0.2, 0) is 17.9 Å². The van der Waals surface area contributed by atoms with Crippen LogP contribution >= 0.6 is 0 Å².